The minimum Gasteiger partial charge on any atom is -0.319 e. The van der Waals surface area contributed by atoms with Crippen molar-refractivity contribution in [3.05, 3.63) is 22.3 Å². The van der Waals surface area contributed by atoms with Gasteiger partial charge in [-0.2, -0.15) is 0 Å². The molecule has 2 nitrogen and oxygen atoms in total. The molecule has 0 bridgehead atoms. The summed E-state index contributed by atoms with van der Waals surface area (Å²) in [5.74, 6) is 0.672. The molecular formula is C9H10BrNO. The summed E-state index contributed by atoms with van der Waals surface area (Å²) < 4.78 is 1.09. The normalized spacial score (nSPS) is 28.3. The number of carbonyl (C=O) groups is 1. The number of fused-ring (bicyclic) bond motifs is 1. The van der Waals surface area contributed by atoms with Crippen molar-refractivity contribution in [1.29, 1.82) is 0 Å². The first-order chi connectivity index (χ1) is 5.68. The Bertz CT molecular complexity index is 293. The van der Waals surface area contributed by atoms with E-state index >= 15 is 0 Å². The monoisotopic (exact) mass is 227 g/mol. The molecule has 1 amide bonds. The molecule has 1 fully saturated rings. The van der Waals surface area contributed by atoms with Crippen LogP contribution in [0.3, 0.4) is 0 Å². The number of likely N-dealkylation sites (tertiary alicyclic amines) is 1. The van der Waals surface area contributed by atoms with Crippen molar-refractivity contribution < 1.29 is 4.79 Å². The summed E-state index contributed by atoms with van der Waals surface area (Å²) >= 11 is 3.42. The molecule has 0 aromatic rings. The van der Waals surface area contributed by atoms with Gasteiger partial charge < -0.3 is 4.90 Å². The molecule has 0 N–H and O–H groups in total. The minimum absolute atomic E-state index is 0.238. The molecule has 1 aliphatic heterocycles. The average molecular weight is 228 g/mol. The first-order valence-electron chi connectivity index (χ1n) is 4.02. The van der Waals surface area contributed by atoms with Gasteiger partial charge in [0.05, 0.1) is 0 Å². The lowest BCUT2D eigenvalue weighted by Crippen LogP contribution is -2.18. The van der Waals surface area contributed by atoms with Gasteiger partial charge in [-0.3, -0.25) is 4.79 Å². The van der Waals surface area contributed by atoms with Gasteiger partial charge >= 0.3 is 0 Å². The number of amides is 1. The zero-order valence-electron chi connectivity index (χ0n) is 6.88. The SMILES string of the molecule is CN1C(=O)CC2CC=C(Br)C=C21. The lowest BCUT2D eigenvalue weighted by atomic mass is 9.97. The quantitative estimate of drug-likeness (QED) is 0.621. The molecule has 64 valence electrons. The van der Waals surface area contributed by atoms with Crippen molar-refractivity contribution in [2.24, 2.45) is 5.92 Å². The van der Waals surface area contributed by atoms with E-state index in [0.717, 1.165) is 16.6 Å². The Kier molecular flexibility index (Phi) is 1.83. The van der Waals surface area contributed by atoms with Crippen LogP contribution in [-0.2, 0) is 4.79 Å². The molecule has 1 saturated heterocycles. The fraction of sp³-hybridized carbons (Fsp3) is 0.444. The molecule has 0 aromatic carbocycles. The van der Waals surface area contributed by atoms with Gasteiger partial charge in [0, 0.05) is 29.6 Å². The van der Waals surface area contributed by atoms with Gasteiger partial charge in [-0.15, -0.1) is 0 Å². The van der Waals surface area contributed by atoms with E-state index in [2.05, 4.69) is 22.0 Å². The maximum atomic E-state index is 11.3. The Morgan fingerprint density at radius 2 is 2.42 bits per heavy atom. The smallest absolute Gasteiger partial charge is 0.227 e. The maximum Gasteiger partial charge on any atom is 0.227 e. The summed E-state index contributed by atoms with van der Waals surface area (Å²) in [7, 11) is 1.85. The van der Waals surface area contributed by atoms with Gasteiger partial charge in [-0.1, -0.05) is 22.0 Å². The standard InChI is InChI=1S/C9H10BrNO/c1-11-8-5-7(10)3-2-6(8)4-9(11)12/h3,5-6H,2,4H2,1H3. The van der Waals surface area contributed by atoms with Crippen LogP contribution in [0.5, 0.6) is 0 Å². The number of hydrogen-bond acceptors (Lipinski definition) is 1. The summed E-state index contributed by atoms with van der Waals surface area (Å²) in [5.41, 5.74) is 1.16. The van der Waals surface area contributed by atoms with E-state index in [1.165, 1.54) is 0 Å². The number of hydrogen-bond donors (Lipinski definition) is 0. The Morgan fingerprint density at radius 3 is 3.17 bits per heavy atom. The second-order valence-electron chi connectivity index (χ2n) is 3.25. The molecule has 0 saturated carbocycles. The molecule has 1 heterocycles. The summed E-state index contributed by atoms with van der Waals surface area (Å²) in [6.07, 6.45) is 5.83. The van der Waals surface area contributed by atoms with E-state index in [1.54, 1.807) is 4.90 Å². The topological polar surface area (TPSA) is 20.3 Å². The number of nitrogens with zero attached hydrogens (tertiary/aromatic N) is 1. The number of carbonyl (C=O) groups excluding carboxylic acids is 1. The third kappa shape index (κ3) is 1.12. The summed E-state index contributed by atoms with van der Waals surface area (Å²) in [5, 5.41) is 0. The number of allylic oxidation sites excluding steroid dienone is 4. The molecule has 0 aromatic heterocycles. The highest BCUT2D eigenvalue weighted by atomic mass is 79.9. The highest BCUT2D eigenvalue weighted by Crippen LogP contribution is 2.36. The molecule has 1 unspecified atom stereocenters. The van der Waals surface area contributed by atoms with Crippen LogP contribution in [0, 0.1) is 5.92 Å². The van der Waals surface area contributed by atoms with Gasteiger partial charge in [-0.05, 0) is 12.5 Å². The second-order valence-corrected chi connectivity index (χ2v) is 4.16. The van der Waals surface area contributed by atoms with Gasteiger partial charge in [-0.25, -0.2) is 0 Å². The van der Waals surface area contributed by atoms with Crippen molar-refractivity contribution in [2.45, 2.75) is 12.8 Å². The molecule has 2 aliphatic rings. The fourth-order valence-corrected chi connectivity index (χ4v) is 2.17. The molecule has 12 heavy (non-hydrogen) atoms. The van der Waals surface area contributed by atoms with Crippen molar-refractivity contribution in [3.8, 4) is 0 Å². The van der Waals surface area contributed by atoms with E-state index < -0.39 is 0 Å². The van der Waals surface area contributed by atoms with Crippen molar-refractivity contribution in [3.63, 3.8) is 0 Å². The molecule has 1 aliphatic carbocycles. The minimum atomic E-state index is 0.238. The maximum absolute atomic E-state index is 11.3. The Morgan fingerprint density at radius 1 is 1.67 bits per heavy atom. The molecule has 2 rings (SSSR count). The van der Waals surface area contributed by atoms with E-state index in [0.29, 0.717) is 12.3 Å². The van der Waals surface area contributed by atoms with Crippen molar-refractivity contribution in [1.82, 2.24) is 4.90 Å². The van der Waals surface area contributed by atoms with Crippen LogP contribution >= 0.6 is 15.9 Å². The molecule has 0 radical (unpaired) electrons. The molecule has 1 atom stereocenters. The molecular weight excluding hydrogens is 218 g/mol. The third-order valence-electron chi connectivity index (χ3n) is 2.48. The summed E-state index contributed by atoms with van der Waals surface area (Å²) in [6, 6.07) is 0. The van der Waals surface area contributed by atoms with Gasteiger partial charge in [0.1, 0.15) is 0 Å². The van der Waals surface area contributed by atoms with Gasteiger partial charge in [0.2, 0.25) is 5.91 Å². The van der Waals surface area contributed by atoms with E-state index in [9.17, 15) is 4.79 Å². The van der Waals surface area contributed by atoms with E-state index in [4.69, 9.17) is 0 Å². The van der Waals surface area contributed by atoms with Crippen LogP contribution in [0.2, 0.25) is 0 Å². The van der Waals surface area contributed by atoms with Crippen LogP contribution in [0.15, 0.2) is 22.3 Å². The zero-order chi connectivity index (χ0) is 8.72. The molecule has 0 spiro atoms. The van der Waals surface area contributed by atoms with E-state index in [-0.39, 0.29) is 5.91 Å². The highest BCUT2D eigenvalue weighted by molar-refractivity contribution is 9.11. The van der Waals surface area contributed by atoms with E-state index in [1.807, 2.05) is 13.1 Å². The van der Waals surface area contributed by atoms with Crippen LogP contribution in [0.1, 0.15) is 12.8 Å². The number of rotatable bonds is 0. The first-order valence-corrected chi connectivity index (χ1v) is 4.81. The highest BCUT2D eigenvalue weighted by Gasteiger charge is 2.32. The fourth-order valence-electron chi connectivity index (χ4n) is 1.74. The second kappa shape index (κ2) is 2.73. The van der Waals surface area contributed by atoms with Gasteiger partial charge in [0.15, 0.2) is 0 Å². The predicted octanol–water partition coefficient (Wildman–Crippen LogP) is 2.03. The van der Waals surface area contributed by atoms with Crippen LogP contribution < -0.4 is 0 Å². The largest absolute Gasteiger partial charge is 0.319 e. The zero-order valence-corrected chi connectivity index (χ0v) is 8.47. The first kappa shape index (κ1) is 8.05. The Hall–Kier alpha value is -0.570. The summed E-state index contributed by atoms with van der Waals surface area (Å²) in [6.45, 7) is 0. The van der Waals surface area contributed by atoms with Crippen LogP contribution in [0.25, 0.3) is 0 Å². The Labute approximate surface area is 80.1 Å². The Balaban J connectivity index is 2.33. The predicted molar refractivity (Wildman–Crippen MR) is 50.6 cm³/mol. The summed E-state index contributed by atoms with van der Waals surface area (Å²) in [4.78, 5) is 13.1. The van der Waals surface area contributed by atoms with Crippen molar-refractivity contribution >= 4 is 21.8 Å². The average Bonchev–Trinajstić information content (AvgIpc) is 2.31. The van der Waals surface area contributed by atoms with Crippen LogP contribution in [-0.4, -0.2) is 17.9 Å². The van der Waals surface area contributed by atoms with Crippen molar-refractivity contribution in [2.75, 3.05) is 7.05 Å². The van der Waals surface area contributed by atoms with Gasteiger partial charge in [0.25, 0.3) is 0 Å². The van der Waals surface area contributed by atoms with Crippen LogP contribution in [0.4, 0.5) is 0 Å². The lowest BCUT2D eigenvalue weighted by molar-refractivity contribution is -0.125. The lowest BCUT2D eigenvalue weighted by Gasteiger charge is -2.17. The third-order valence-corrected chi connectivity index (χ3v) is 3.04. The number of halogens is 1. The molecule has 3 heteroatoms.